The van der Waals surface area contributed by atoms with Gasteiger partial charge in [-0.15, -0.1) is 0 Å². The summed E-state index contributed by atoms with van der Waals surface area (Å²) >= 11 is 0. The van der Waals surface area contributed by atoms with E-state index in [0.29, 0.717) is 13.1 Å². The molecule has 0 bridgehead atoms. The molecular weight excluding hydrogens is 304 g/mol. The third kappa shape index (κ3) is 5.03. The standard InChI is InChI=1S/C16H28BNO4.CH3B/c1-14(2,3)20-13(19)18-10-8-12(9-11-18)17-21-15(4,5)16(6,7)22-17;1-2/h8H,9-11H2,1-7H3;1H3. The van der Waals surface area contributed by atoms with E-state index in [1.54, 1.807) is 4.90 Å². The van der Waals surface area contributed by atoms with Crippen LogP contribution in [0.25, 0.3) is 0 Å². The van der Waals surface area contributed by atoms with Crippen molar-refractivity contribution in [3.8, 4) is 0 Å². The van der Waals surface area contributed by atoms with Crippen LogP contribution in [-0.2, 0) is 14.0 Å². The molecule has 0 aromatic rings. The summed E-state index contributed by atoms with van der Waals surface area (Å²) < 4.78 is 17.5. The van der Waals surface area contributed by atoms with Gasteiger partial charge in [0.25, 0.3) is 0 Å². The molecule has 0 atom stereocenters. The predicted molar refractivity (Wildman–Crippen MR) is 98.2 cm³/mol. The number of hydrogen-bond acceptors (Lipinski definition) is 4. The van der Waals surface area contributed by atoms with Gasteiger partial charge in [0, 0.05) is 13.1 Å². The molecule has 2 rings (SSSR count). The number of nitrogens with zero attached hydrogens (tertiary/aromatic N) is 1. The van der Waals surface area contributed by atoms with Crippen LogP contribution in [0.1, 0.15) is 54.9 Å². The molecule has 1 amide bonds. The maximum Gasteiger partial charge on any atom is 0.490 e. The van der Waals surface area contributed by atoms with E-state index in [9.17, 15) is 4.79 Å². The maximum atomic E-state index is 12.1. The van der Waals surface area contributed by atoms with Crippen LogP contribution in [0.5, 0.6) is 0 Å². The third-order valence-corrected chi connectivity index (χ3v) is 4.45. The van der Waals surface area contributed by atoms with Crippen LogP contribution in [0.15, 0.2) is 11.5 Å². The quantitative estimate of drug-likeness (QED) is 0.689. The number of rotatable bonds is 1. The van der Waals surface area contributed by atoms with Crippen molar-refractivity contribution in [3.05, 3.63) is 11.5 Å². The van der Waals surface area contributed by atoms with Crippen LogP contribution < -0.4 is 0 Å². The normalized spacial score (nSPS) is 22.4. The lowest BCUT2D eigenvalue weighted by molar-refractivity contribution is 0.00578. The summed E-state index contributed by atoms with van der Waals surface area (Å²) in [6, 6.07) is 0. The Hall–Kier alpha value is -0.940. The third-order valence-electron chi connectivity index (χ3n) is 4.45. The zero-order valence-electron chi connectivity index (χ0n) is 16.4. The Kier molecular flexibility index (Phi) is 6.62. The topological polar surface area (TPSA) is 48.0 Å². The zero-order chi connectivity index (χ0) is 18.8. The molecular formula is C17H31B2NO4. The number of hydrogen-bond donors (Lipinski definition) is 0. The van der Waals surface area contributed by atoms with Gasteiger partial charge in [0.2, 0.25) is 0 Å². The lowest BCUT2D eigenvalue weighted by Gasteiger charge is -2.32. The first kappa shape index (κ1) is 21.1. The fourth-order valence-electron chi connectivity index (χ4n) is 2.39. The van der Waals surface area contributed by atoms with E-state index in [1.165, 1.54) is 6.82 Å². The largest absolute Gasteiger partial charge is 0.490 e. The molecule has 0 N–H and O–H groups in total. The van der Waals surface area contributed by atoms with Crippen LogP contribution in [0.3, 0.4) is 0 Å². The Balaban J connectivity index is 0.00000139. The second-order valence-electron chi connectivity index (χ2n) is 8.04. The molecule has 134 valence electrons. The molecule has 0 saturated carbocycles. The Morgan fingerprint density at radius 2 is 1.71 bits per heavy atom. The first-order chi connectivity index (χ1) is 10.9. The first-order valence-corrected chi connectivity index (χ1v) is 8.51. The highest BCUT2D eigenvalue weighted by Gasteiger charge is 2.52. The number of amides is 1. The van der Waals surface area contributed by atoms with E-state index in [0.717, 1.165) is 11.9 Å². The zero-order valence-corrected chi connectivity index (χ0v) is 16.4. The van der Waals surface area contributed by atoms with Gasteiger partial charge in [-0.05, 0) is 60.4 Å². The fourth-order valence-corrected chi connectivity index (χ4v) is 2.39. The molecule has 5 nitrogen and oxygen atoms in total. The van der Waals surface area contributed by atoms with Crippen molar-refractivity contribution < 1.29 is 18.8 Å². The SMILES string of the molecule is CC(C)(C)OC(=O)N1CC=C(B2OC(C)(C)C(C)(C)O2)CC1.[B]C. The van der Waals surface area contributed by atoms with Crippen LogP contribution in [0.4, 0.5) is 4.79 Å². The Labute approximate surface area is 148 Å². The molecule has 1 saturated heterocycles. The highest BCUT2D eigenvalue weighted by atomic mass is 16.7. The minimum absolute atomic E-state index is 0.267. The van der Waals surface area contributed by atoms with Crippen molar-refractivity contribution in [2.45, 2.75) is 78.5 Å². The highest BCUT2D eigenvalue weighted by molar-refractivity contribution is 6.54. The summed E-state index contributed by atoms with van der Waals surface area (Å²) in [7, 11) is 4.19. The molecule has 0 unspecified atom stereocenters. The molecule has 2 heterocycles. The minimum atomic E-state index is -0.465. The highest BCUT2D eigenvalue weighted by Crippen LogP contribution is 2.39. The summed E-state index contributed by atoms with van der Waals surface area (Å²) in [5.74, 6) is 0. The van der Waals surface area contributed by atoms with E-state index in [1.807, 2.05) is 54.5 Å². The number of carbonyl (C=O) groups excluding carboxylic acids is 1. The molecule has 7 heteroatoms. The lowest BCUT2D eigenvalue weighted by Crippen LogP contribution is -2.41. The van der Waals surface area contributed by atoms with E-state index in [2.05, 4.69) is 7.85 Å². The van der Waals surface area contributed by atoms with Gasteiger partial charge in [-0.1, -0.05) is 12.9 Å². The molecule has 1 fully saturated rings. The van der Waals surface area contributed by atoms with Gasteiger partial charge < -0.3 is 18.9 Å². The van der Waals surface area contributed by atoms with Crippen molar-refractivity contribution in [1.82, 2.24) is 4.90 Å². The van der Waals surface area contributed by atoms with E-state index in [4.69, 9.17) is 14.0 Å². The Morgan fingerprint density at radius 1 is 1.21 bits per heavy atom. The van der Waals surface area contributed by atoms with Crippen LogP contribution in [0.2, 0.25) is 6.82 Å². The van der Waals surface area contributed by atoms with Gasteiger partial charge in [0.05, 0.1) is 19.0 Å². The number of ether oxygens (including phenoxy) is 1. The average molecular weight is 335 g/mol. The lowest BCUT2D eigenvalue weighted by atomic mass is 9.75. The summed E-state index contributed by atoms with van der Waals surface area (Å²) in [5, 5.41) is 0. The summed E-state index contributed by atoms with van der Waals surface area (Å²) in [5.41, 5.74) is -0.0209. The Bertz CT molecular complexity index is 467. The summed E-state index contributed by atoms with van der Waals surface area (Å²) in [6.45, 7) is 16.5. The number of carbonyl (C=O) groups is 1. The average Bonchev–Trinajstić information content (AvgIpc) is 2.68. The fraction of sp³-hybridized carbons (Fsp3) is 0.824. The summed E-state index contributed by atoms with van der Waals surface area (Å²) in [6.07, 6.45) is 2.50. The molecule has 0 aliphatic carbocycles. The van der Waals surface area contributed by atoms with Crippen molar-refractivity contribution in [3.63, 3.8) is 0 Å². The molecule has 2 aliphatic heterocycles. The van der Waals surface area contributed by atoms with Gasteiger partial charge in [0.15, 0.2) is 0 Å². The maximum absolute atomic E-state index is 12.1. The van der Waals surface area contributed by atoms with E-state index in [-0.39, 0.29) is 24.4 Å². The molecule has 0 aromatic heterocycles. The van der Waals surface area contributed by atoms with E-state index < -0.39 is 5.60 Å². The monoisotopic (exact) mass is 335 g/mol. The minimum Gasteiger partial charge on any atom is -0.444 e. The van der Waals surface area contributed by atoms with Gasteiger partial charge in [0.1, 0.15) is 5.60 Å². The van der Waals surface area contributed by atoms with E-state index >= 15 is 0 Å². The second kappa shape index (κ2) is 7.52. The molecule has 0 aromatic carbocycles. The van der Waals surface area contributed by atoms with Gasteiger partial charge in [-0.25, -0.2) is 4.79 Å². The molecule has 24 heavy (non-hydrogen) atoms. The van der Waals surface area contributed by atoms with Gasteiger partial charge in [-0.2, -0.15) is 0 Å². The van der Waals surface area contributed by atoms with Gasteiger partial charge in [-0.3, -0.25) is 0 Å². The van der Waals surface area contributed by atoms with Crippen LogP contribution in [-0.4, -0.2) is 55.9 Å². The van der Waals surface area contributed by atoms with Crippen molar-refractivity contribution in [2.75, 3.05) is 13.1 Å². The molecule has 0 spiro atoms. The molecule has 2 radical (unpaired) electrons. The first-order valence-electron chi connectivity index (χ1n) is 8.51. The van der Waals surface area contributed by atoms with Gasteiger partial charge >= 0.3 is 13.2 Å². The second-order valence-corrected chi connectivity index (χ2v) is 8.04. The smallest absolute Gasteiger partial charge is 0.444 e. The van der Waals surface area contributed by atoms with Crippen molar-refractivity contribution in [1.29, 1.82) is 0 Å². The summed E-state index contributed by atoms with van der Waals surface area (Å²) in [4.78, 5) is 13.8. The van der Waals surface area contributed by atoms with Crippen LogP contribution in [0, 0.1) is 0 Å². The van der Waals surface area contributed by atoms with Crippen molar-refractivity contribution in [2.24, 2.45) is 0 Å². The van der Waals surface area contributed by atoms with Crippen molar-refractivity contribution >= 4 is 21.1 Å². The predicted octanol–water partition coefficient (Wildman–Crippen LogP) is 3.39. The Morgan fingerprint density at radius 3 is 2.08 bits per heavy atom. The molecule has 2 aliphatic rings. The van der Waals surface area contributed by atoms with Crippen LogP contribution >= 0.6 is 0 Å².